The van der Waals surface area contributed by atoms with E-state index in [-0.39, 0.29) is 18.9 Å². The maximum Gasteiger partial charge on any atom is 0.307 e. The van der Waals surface area contributed by atoms with Crippen molar-refractivity contribution in [3.8, 4) is 5.75 Å². The summed E-state index contributed by atoms with van der Waals surface area (Å²) in [5, 5.41) is 11.4. The van der Waals surface area contributed by atoms with Gasteiger partial charge in [0.15, 0.2) is 6.61 Å². The van der Waals surface area contributed by atoms with Crippen LogP contribution in [-0.4, -0.2) is 23.6 Å². The number of aliphatic carboxylic acids is 1. The Balaban J connectivity index is 1.88. The fraction of sp³-hybridized carbons (Fsp3) is 0.222. The van der Waals surface area contributed by atoms with Crippen molar-refractivity contribution in [2.24, 2.45) is 0 Å². The lowest BCUT2D eigenvalue weighted by Crippen LogP contribution is -2.20. The average Bonchev–Trinajstić information content (AvgIpc) is 2.46. The predicted octanol–water partition coefficient (Wildman–Crippen LogP) is 2.95. The highest BCUT2D eigenvalue weighted by molar-refractivity contribution is 5.91. The molecule has 2 aromatic carbocycles. The minimum Gasteiger partial charge on any atom is -0.484 e. The van der Waals surface area contributed by atoms with E-state index in [1.807, 2.05) is 32.0 Å². The van der Waals surface area contributed by atoms with Crippen molar-refractivity contribution in [2.75, 3.05) is 11.9 Å². The summed E-state index contributed by atoms with van der Waals surface area (Å²) in [5.74, 6) is -0.492. The second-order valence-electron chi connectivity index (χ2n) is 5.43. The number of ether oxygens (including phenoxy) is 1. The van der Waals surface area contributed by atoms with Crippen LogP contribution in [0.25, 0.3) is 0 Å². The number of anilines is 1. The molecular formula is C18H19NO4. The molecule has 1 amide bonds. The van der Waals surface area contributed by atoms with Crippen molar-refractivity contribution < 1.29 is 19.4 Å². The van der Waals surface area contributed by atoms with Gasteiger partial charge in [0.25, 0.3) is 5.91 Å². The second kappa shape index (κ2) is 7.45. The van der Waals surface area contributed by atoms with E-state index in [1.165, 1.54) is 0 Å². The van der Waals surface area contributed by atoms with Crippen LogP contribution >= 0.6 is 0 Å². The first-order valence-corrected chi connectivity index (χ1v) is 7.24. The third kappa shape index (κ3) is 5.47. The number of carboxylic acid groups (broad SMARTS) is 1. The Bertz CT molecular complexity index is 687. The largest absolute Gasteiger partial charge is 0.484 e. The Labute approximate surface area is 134 Å². The molecule has 0 atom stereocenters. The molecule has 0 heterocycles. The number of nitrogens with one attached hydrogen (secondary N) is 1. The van der Waals surface area contributed by atoms with E-state index in [2.05, 4.69) is 5.32 Å². The maximum atomic E-state index is 11.9. The lowest BCUT2D eigenvalue weighted by atomic mass is 10.1. The molecule has 0 aliphatic carbocycles. The highest BCUT2D eigenvalue weighted by atomic mass is 16.5. The fourth-order valence-corrected chi connectivity index (χ4v) is 2.24. The van der Waals surface area contributed by atoms with Gasteiger partial charge in [0.05, 0.1) is 6.42 Å². The minimum absolute atomic E-state index is 0.0377. The van der Waals surface area contributed by atoms with Crippen LogP contribution in [0.4, 0.5) is 5.69 Å². The molecule has 0 aliphatic rings. The molecule has 5 nitrogen and oxygen atoms in total. The van der Waals surface area contributed by atoms with Crippen LogP contribution in [-0.2, 0) is 16.0 Å². The average molecular weight is 313 g/mol. The number of amides is 1. The molecule has 120 valence electrons. The maximum absolute atomic E-state index is 11.9. The minimum atomic E-state index is -0.886. The first-order chi connectivity index (χ1) is 10.9. The molecule has 0 radical (unpaired) electrons. The van der Waals surface area contributed by atoms with Crippen LogP contribution in [0.1, 0.15) is 16.7 Å². The van der Waals surface area contributed by atoms with Gasteiger partial charge in [-0.1, -0.05) is 18.2 Å². The van der Waals surface area contributed by atoms with E-state index in [9.17, 15) is 9.59 Å². The van der Waals surface area contributed by atoms with Crippen LogP contribution in [0, 0.1) is 13.8 Å². The summed E-state index contributed by atoms with van der Waals surface area (Å²) in [6.45, 7) is 3.86. The van der Waals surface area contributed by atoms with Gasteiger partial charge in [0.1, 0.15) is 5.75 Å². The zero-order valence-electron chi connectivity index (χ0n) is 13.1. The van der Waals surface area contributed by atoms with Crippen LogP contribution < -0.4 is 10.1 Å². The molecule has 2 aromatic rings. The van der Waals surface area contributed by atoms with E-state index in [0.29, 0.717) is 17.0 Å². The van der Waals surface area contributed by atoms with Gasteiger partial charge in [-0.15, -0.1) is 0 Å². The topological polar surface area (TPSA) is 75.6 Å². The Morgan fingerprint density at radius 1 is 1.04 bits per heavy atom. The molecule has 5 heteroatoms. The molecule has 0 aliphatic heterocycles. The molecule has 0 unspecified atom stereocenters. The lowest BCUT2D eigenvalue weighted by molar-refractivity contribution is -0.136. The molecule has 23 heavy (non-hydrogen) atoms. The van der Waals surface area contributed by atoms with E-state index in [4.69, 9.17) is 9.84 Å². The Kier molecular flexibility index (Phi) is 5.36. The van der Waals surface area contributed by atoms with Crippen molar-refractivity contribution in [1.82, 2.24) is 0 Å². The SMILES string of the molecule is Cc1cc(C)cc(OCC(=O)Nc2ccc(CC(=O)O)cc2)c1. The normalized spacial score (nSPS) is 10.2. The highest BCUT2D eigenvalue weighted by Gasteiger charge is 2.06. The van der Waals surface area contributed by atoms with Gasteiger partial charge in [-0.3, -0.25) is 9.59 Å². The van der Waals surface area contributed by atoms with Crippen molar-refractivity contribution in [1.29, 1.82) is 0 Å². The quantitative estimate of drug-likeness (QED) is 0.859. The smallest absolute Gasteiger partial charge is 0.307 e. The number of benzene rings is 2. The van der Waals surface area contributed by atoms with Crippen LogP contribution in [0.5, 0.6) is 5.75 Å². The first kappa shape index (κ1) is 16.5. The van der Waals surface area contributed by atoms with E-state index in [0.717, 1.165) is 11.1 Å². The summed E-state index contributed by atoms with van der Waals surface area (Å²) in [6, 6.07) is 12.5. The molecular weight excluding hydrogens is 294 g/mol. The summed E-state index contributed by atoms with van der Waals surface area (Å²) in [4.78, 5) is 22.5. The summed E-state index contributed by atoms with van der Waals surface area (Å²) < 4.78 is 5.49. The Morgan fingerprint density at radius 3 is 2.22 bits per heavy atom. The third-order valence-corrected chi connectivity index (χ3v) is 3.16. The lowest BCUT2D eigenvalue weighted by Gasteiger charge is -2.09. The molecule has 2 rings (SSSR count). The fourth-order valence-electron chi connectivity index (χ4n) is 2.24. The van der Waals surface area contributed by atoms with Crippen LogP contribution in [0.15, 0.2) is 42.5 Å². The van der Waals surface area contributed by atoms with Gasteiger partial charge in [-0.2, -0.15) is 0 Å². The standard InChI is InChI=1S/C18H19NO4/c1-12-7-13(2)9-16(8-12)23-11-17(20)19-15-5-3-14(4-6-15)10-18(21)22/h3-9H,10-11H2,1-2H3,(H,19,20)(H,21,22). The van der Waals surface area contributed by atoms with Crippen LogP contribution in [0.2, 0.25) is 0 Å². The van der Waals surface area contributed by atoms with Gasteiger partial charge in [-0.25, -0.2) is 0 Å². The summed E-state index contributed by atoms with van der Waals surface area (Å²) in [6.07, 6.45) is -0.0377. The van der Waals surface area contributed by atoms with Crippen molar-refractivity contribution in [2.45, 2.75) is 20.3 Å². The molecule has 0 spiro atoms. The molecule has 0 fully saturated rings. The van der Waals surface area contributed by atoms with Gasteiger partial charge in [0, 0.05) is 5.69 Å². The Hall–Kier alpha value is -2.82. The number of hydrogen-bond donors (Lipinski definition) is 2. The zero-order valence-corrected chi connectivity index (χ0v) is 13.1. The molecule has 0 saturated heterocycles. The number of hydrogen-bond acceptors (Lipinski definition) is 3. The Morgan fingerprint density at radius 2 is 1.65 bits per heavy atom. The summed E-state index contributed by atoms with van der Waals surface area (Å²) in [7, 11) is 0. The van der Waals surface area contributed by atoms with Crippen LogP contribution in [0.3, 0.4) is 0 Å². The predicted molar refractivity (Wildman–Crippen MR) is 87.8 cm³/mol. The number of aryl methyl sites for hydroxylation is 2. The molecule has 2 N–H and O–H groups in total. The summed E-state index contributed by atoms with van der Waals surface area (Å²) >= 11 is 0. The second-order valence-corrected chi connectivity index (χ2v) is 5.43. The number of rotatable bonds is 6. The third-order valence-electron chi connectivity index (χ3n) is 3.16. The number of carbonyl (C=O) groups excluding carboxylic acids is 1. The van der Waals surface area contributed by atoms with Crippen molar-refractivity contribution in [3.63, 3.8) is 0 Å². The van der Waals surface area contributed by atoms with E-state index >= 15 is 0 Å². The summed E-state index contributed by atoms with van der Waals surface area (Å²) in [5.41, 5.74) is 3.44. The van der Waals surface area contributed by atoms with Gasteiger partial charge in [0.2, 0.25) is 0 Å². The van der Waals surface area contributed by atoms with E-state index in [1.54, 1.807) is 24.3 Å². The molecule has 0 saturated carbocycles. The van der Waals surface area contributed by atoms with E-state index < -0.39 is 5.97 Å². The van der Waals surface area contributed by atoms with Gasteiger partial charge in [-0.05, 0) is 54.8 Å². The zero-order chi connectivity index (χ0) is 16.8. The number of carboxylic acids is 1. The van der Waals surface area contributed by atoms with Crippen molar-refractivity contribution in [3.05, 3.63) is 59.2 Å². The molecule has 0 bridgehead atoms. The monoisotopic (exact) mass is 313 g/mol. The molecule has 0 aromatic heterocycles. The van der Waals surface area contributed by atoms with Crippen molar-refractivity contribution >= 4 is 17.6 Å². The van der Waals surface area contributed by atoms with Gasteiger partial charge >= 0.3 is 5.97 Å². The number of carbonyl (C=O) groups is 2. The first-order valence-electron chi connectivity index (χ1n) is 7.24. The highest BCUT2D eigenvalue weighted by Crippen LogP contribution is 2.16. The van der Waals surface area contributed by atoms with Gasteiger partial charge < -0.3 is 15.2 Å².